The maximum Gasteiger partial charge on any atom is 0.163 e. The van der Waals surface area contributed by atoms with Gasteiger partial charge in [-0.15, -0.1) is 0 Å². The molecule has 1 N–H and O–H groups in total. The van der Waals surface area contributed by atoms with E-state index in [4.69, 9.17) is 0 Å². The normalized spacial score (nSPS) is 29.2. The van der Waals surface area contributed by atoms with Gasteiger partial charge in [0.25, 0.3) is 0 Å². The first-order chi connectivity index (χ1) is 9.18. The predicted octanol–water partition coefficient (Wildman–Crippen LogP) is 2.71. The molecule has 2 saturated heterocycles. The van der Waals surface area contributed by atoms with Gasteiger partial charge in [-0.2, -0.15) is 0 Å². The second-order valence-corrected chi connectivity index (χ2v) is 5.68. The minimum Gasteiger partial charge on any atom is -0.315 e. The van der Waals surface area contributed by atoms with Crippen LogP contribution in [0.5, 0.6) is 0 Å². The molecule has 2 aliphatic rings. The van der Waals surface area contributed by atoms with Crippen LogP contribution in [-0.2, 0) is 0 Å². The van der Waals surface area contributed by atoms with Gasteiger partial charge in [0.1, 0.15) is 0 Å². The molecule has 0 spiro atoms. The monoisotopic (exact) mass is 266 g/mol. The zero-order valence-electron chi connectivity index (χ0n) is 11.2. The number of nitrogens with one attached hydrogen (secondary N) is 1. The van der Waals surface area contributed by atoms with Crippen LogP contribution in [0.25, 0.3) is 0 Å². The number of benzene rings is 1. The number of hydrogen-bond acceptors (Lipinski definition) is 2. The first kappa shape index (κ1) is 13.0. The minimum absolute atomic E-state index is 0.0663. The average Bonchev–Trinajstić information content (AvgIpc) is 2.89. The van der Waals surface area contributed by atoms with Gasteiger partial charge >= 0.3 is 0 Å². The fourth-order valence-electron chi connectivity index (χ4n) is 3.61. The van der Waals surface area contributed by atoms with Crippen LogP contribution < -0.4 is 5.32 Å². The number of halogens is 2. The Kier molecular flexibility index (Phi) is 3.54. The third-order valence-corrected chi connectivity index (χ3v) is 4.65. The second-order valence-electron chi connectivity index (χ2n) is 5.68. The minimum atomic E-state index is -0.748. The summed E-state index contributed by atoms with van der Waals surface area (Å²) < 4.78 is 27.3. The highest BCUT2D eigenvalue weighted by atomic mass is 19.2. The molecule has 19 heavy (non-hydrogen) atoms. The zero-order chi connectivity index (χ0) is 13.4. The molecule has 1 aromatic carbocycles. The van der Waals surface area contributed by atoms with Crippen LogP contribution in [0.1, 0.15) is 31.4 Å². The average molecular weight is 266 g/mol. The van der Waals surface area contributed by atoms with Crippen molar-refractivity contribution in [3.8, 4) is 0 Å². The Labute approximate surface area is 112 Å². The van der Waals surface area contributed by atoms with Crippen molar-refractivity contribution in [3.05, 3.63) is 35.4 Å². The van der Waals surface area contributed by atoms with Crippen LogP contribution in [0.15, 0.2) is 18.2 Å². The fourth-order valence-corrected chi connectivity index (χ4v) is 3.61. The summed E-state index contributed by atoms with van der Waals surface area (Å²) in [5.41, 5.74) is 0.479. The van der Waals surface area contributed by atoms with Gasteiger partial charge in [0.2, 0.25) is 0 Å². The van der Waals surface area contributed by atoms with Gasteiger partial charge in [-0.25, -0.2) is 8.78 Å². The maximum atomic E-state index is 13.9. The van der Waals surface area contributed by atoms with Gasteiger partial charge in [-0.3, -0.25) is 4.90 Å². The molecule has 104 valence electrons. The van der Waals surface area contributed by atoms with Crippen molar-refractivity contribution < 1.29 is 8.78 Å². The summed E-state index contributed by atoms with van der Waals surface area (Å²) in [6.07, 6.45) is 2.39. The van der Waals surface area contributed by atoms with E-state index in [0.717, 1.165) is 26.1 Å². The highest BCUT2D eigenvalue weighted by Gasteiger charge is 2.37. The number of fused-ring (bicyclic) bond motifs is 1. The predicted molar refractivity (Wildman–Crippen MR) is 70.9 cm³/mol. The van der Waals surface area contributed by atoms with E-state index in [2.05, 4.69) is 10.2 Å². The largest absolute Gasteiger partial charge is 0.315 e. The molecule has 3 unspecified atom stereocenters. The number of nitrogens with zero attached hydrogens (tertiary/aromatic N) is 1. The van der Waals surface area contributed by atoms with Crippen LogP contribution >= 0.6 is 0 Å². The second kappa shape index (κ2) is 5.17. The van der Waals surface area contributed by atoms with E-state index in [9.17, 15) is 8.78 Å². The maximum absolute atomic E-state index is 13.9. The van der Waals surface area contributed by atoms with Crippen LogP contribution in [0.3, 0.4) is 0 Å². The topological polar surface area (TPSA) is 15.3 Å². The lowest BCUT2D eigenvalue weighted by molar-refractivity contribution is 0.0828. The molecule has 2 heterocycles. The van der Waals surface area contributed by atoms with Gasteiger partial charge in [0, 0.05) is 24.2 Å². The van der Waals surface area contributed by atoms with E-state index in [1.54, 1.807) is 12.1 Å². The molecule has 4 heteroatoms. The highest BCUT2D eigenvalue weighted by Crippen LogP contribution is 2.34. The highest BCUT2D eigenvalue weighted by molar-refractivity contribution is 5.22. The molecular formula is C15H20F2N2. The molecule has 2 nitrogen and oxygen atoms in total. The van der Waals surface area contributed by atoms with Crippen LogP contribution in [0, 0.1) is 17.6 Å². The lowest BCUT2D eigenvalue weighted by Gasteiger charge is -2.41. The summed E-state index contributed by atoms with van der Waals surface area (Å²) >= 11 is 0. The first-order valence-corrected chi connectivity index (χ1v) is 7.09. The van der Waals surface area contributed by atoms with E-state index in [1.807, 2.05) is 6.92 Å². The molecule has 2 aliphatic heterocycles. The molecule has 0 bridgehead atoms. The van der Waals surface area contributed by atoms with Crippen molar-refractivity contribution >= 4 is 0 Å². The molecule has 1 aromatic rings. The van der Waals surface area contributed by atoms with Gasteiger partial charge in [0.05, 0.1) is 0 Å². The Morgan fingerprint density at radius 2 is 2.16 bits per heavy atom. The molecule has 0 saturated carbocycles. The van der Waals surface area contributed by atoms with Crippen molar-refractivity contribution in [2.24, 2.45) is 5.92 Å². The summed E-state index contributed by atoms with van der Waals surface area (Å²) in [5.74, 6) is -0.779. The summed E-state index contributed by atoms with van der Waals surface area (Å²) in [6.45, 7) is 4.98. The summed E-state index contributed by atoms with van der Waals surface area (Å²) in [4.78, 5) is 2.34. The molecule has 2 fully saturated rings. The van der Waals surface area contributed by atoms with Gasteiger partial charge < -0.3 is 5.32 Å². The van der Waals surface area contributed by atoms with Crippen molar-refractivity contribution in [2.45, 2.75) is 31.8 Å². The summed E-state index contributed by atoms with van der Waals surface area (Å²) in [5, 5.41) is 3.42. The Morgan fingerprint density at radius 1 is 1.32 bits per heavy atom. The van der Waals surface area contributed by atoms with Gasteiger partial charge in [-0.1, -0.05) is 12.1 Å². The SMILES string of the molecule is CC(c1cccc(F)c1F)N1CCCC2CNCC21. The Hall–Kier alpha value is -1.00. The van der Waals surface area contributed by atoms with Gasteiger partial charge in [0.15, 0.2) is 11.6 Å². The molecule has 0 radical (unpaired) electrons. The smallest absolute Gasteiger partial charge is 0.163 e. The lowest BCUT2D eigenvalue weighted by Crippen LogP contribution is -2.46. The quantitative estimate of drug-likeness (QED) is 0.885. The Morgan fingerprint density at radius 3 is 3.00 bits per heavy atom. The van der Waals surface area contributed by atoms with E-state index in [1.165, 1.54) is 12.5 Å². The molecule has 3 rings (SSSR count). The molecular weight excluding hydrogens is 246 g/mol. The molecule has 0 aromatic heterocycles. The zero-order valence-corrected chi connectivity index (χ0v) is 11.2. The summed E-state index contributed by atoms with van der Waals surface area (Å²) in [7, 11) is 0. The van der Waals surface area contributed by atoms with Crippen molar-refractivity contribution in [3.63, 3.8) is 0 Å². The van der Waals surface area contributed by atoms with E-state index in [-0.39, 0.29) is 6.04 Å². The Bertz CT molecular complexity index is 463. The number of likely N-dealkylation sites (tertiary alicyclic amines) is 1. The standard InChI is InChI=1S/C15H20F2N2/c1-10(12-5-2-6-13(16)15(12)17)19-7-3-4-11-8-18-9-14(11)19/h2,5-6,10-11,14,18H,3-4,7-9H2,1H3. The third-order valence-electron chi connectivity index (χ3n) is 4.65. The molecule has 0 aliphatic carbocycles. The van der Waals surface area contributed by atoms with Crippen LogP contribution in [0.4, 0.5) is 8.78 Å². The van der Waals surface area contributed by atoms with Gasteiger partial charge in [-0.05, 0) is 44.8 Å². The number of rotatable bonds is 2. The molecule has 3 atom stereocenters. The lowest BCUT2D eigenvalue weighted by atomic mass is 9.89. The van der Waals surface area contributed by atoms with Crippen molar-refractivity contribution in [1.29, 1.82) is 0 Å². The number of hydrogen-bond donors (Lipinski definition) is 1. The van der Waals surface area contributed by atoms with Crippen LogP contribution in [-0.4, -0.2) is 30.6 Å². The first-order valence-electron chi connectivity index (χ1n) is 7.09. The fraction of sp³-hybridized carbons (Fsp3) is 0.600. The van der Waals surface area contributed by atoms with Crippen molar-refractivity contribution in [2.75, 3.05) is 19.6 Å². The Balaban J connectivity index is 1.86. The van der Waals surface area contributed by atoms with E-state index in [0.29, 0.717) is 17.5 Å². The van der Waals surface area contributed by atoms with Crippen LogP contribution in [0.2, 0.25) is 0 Å². The summed E-state index contributed by atoms with van der Waals surface area (Å²) in [6, 6.07) is 4.88. The van der Waals surface area contributed by atoms with E-state index < -0.39 is 11.6 Å². The van der Waals surface area contributed by atoms with E-state index >= 15 is 0 Å². The third kappa shape index (κ3) is 2.28. The number of piperidine rings is 1. The molecule has 0 amide bonds. The van der Waals surface area contributed by atoms with Crippen molar-refractivity contribution in [1.82, 2.24) is 10.2 Å².